The molecule has 2 heterocycles. The maximum Gasteiger partial charge on any atom is 0.157 e. The maximum atomic E-state index is 11.2. The predicted molar refractivity (Wildman–Crippen MR) is 60.4 cm³/mol. The fraction of sp³-hybridized carbons (Fsp3) is 0.333. The highest BCUT2D eigenvalue weighted by atomic mass is 16.1. The van der Waals surface area contributed by atoms with Gasteiger partial charge in [-0.1, -0.05) is 0 Å². The minimum absolute atomic E-state index is 0.108. The van der Waals surface area contributed by atoms with Gasteiger partial charge in [0.1, 0.15) is 5.84 Å². The first kappa shape index (κ1) is 9.90. The standard InChI is InChI=1S/C12H14N2O/c1-8-4-5-9(2)14(8)12-6-11(7-13-12)10(3)15/h4-6H,7H2,1-3H3. The van der Waals surface area contributed by atoms with Crippen LogP contribution in [0.4, 0.5) is 0 Å². The van der Waals surface area contributed by atoms with Crippen molar-refractivity contribution in [2.45, 2.75) is 20.8 Å². The molecule has 0 spiro atoms. The minimum Gasteiger partial charge on any atom is -0.303 e. The number of hydrogen-bond acceptors (Lipinski definition) is 2. The van der Waals surface area contributed by atoms with Crippen molar-refractivity contribution in [3.63, 3.8) is 0 Å². The van der Waals surface area contributed by atoms with Gasteiger partial charge in [0, 0.05) is 17.0 Å². The van der Waals surface area contributed by atoms with Crippen molar-refractivity contribution in [3.8, 4) is 0 Å². The highest BCUT2D eigenvalue weighted by molar-refractivity contribution is 6.07. The van der Waals surface area contributed by atoms with Gasteiger partial charge in [-0.15, -0.1) is 0 Å². The van der Waals surface area contributed by atoms with E-state index in [4.69, 9.17) is 0 Å². The molecule has 0 saturated heterocycles. The van der Waals surface area contributed by atoms with Crippen molar-refractivity contribution >= 4 is 11.6 Å². The van der Waals surface area contributed by atoms with Gasteiger partial charge < -0.3 is 4.57 Å². The first-order valence-corrected chi connectivity index (χ1v) is 5.01. The molecule has 3 heteroatoms. The van der Waals surface area contributed by atoms with Gasteiger partial charge >= 0.3 is 0 Å². The monoisotopic (exact) mass is 202 g/mol. The maximum absolute atomic E-state index is 11.2. The molecule has 0 saturated carbocycles. The summed E-state index contributed by atoms with van der Waals surface area (Å²) in [5.41, 5.74) is 3.08. The predicted octanol–water partition coefficient (Wildman–Crippen LogP) is 1.88. The van der Waals surface area contributed by atoms with Crippen molar-refractivity contribution in [2.75, 3.05) is 6.54 Å². The quantitative estimate of drug-likeness (QED) is 0.684. The molecule has 1 aromatic heterocycles. The number of allylic oxidation sites excluding steroid dienone is 1. The molecule has 78 valence electrons. The Morgan fingerprint density at radius 3 is 2.40 bits per heavy atom. The van der Waals surface area contributed by atoms with Gasteiger partial charge in [0.15, 0.2) is 5.78 Å². The Kier molecular flexibility index (Phi) is 2.31. The second-order valence-electron chi connectivity index (χ2n) is 3.85. The topological polar surface area (TPSA) is 34.4 Å². The number of aromatic nitrogens is 1. The Labute approximate surface area is 89.1 Å². The molecule has 0 bridgehead atoms. The first-order chi connectivity index (χ1) is 7.09. The molecular formula is C12H14N2O. The zero-order valence-corrected chi connectivity index (χ0v) is 9.24. The minimum atomic E-state index is 0.108. The van der Waals surface area contributed by atoms with E-state index in [1.54, 1.807) is 6.92 Å². The van der Waals surface area contributed by atoms with Crippen LogP contribution in [0, 0.1) is 13.8 Å². The number of ketones is 1. The Bertz CT molecular complexity index is 458. The van der Waals surface area contributed by atoms with Crippen molar-refractivity contribution in [2.24, 2.45) is 4.99 Å². The summed E-state index contributed by atoms with van der Waals surface area (Å²) >= 11 is 0. The van der Waals surface area contributed by atoms with Crippen LogP contribution in [0.3, 0.4) is 0 Å². The average Bonchev–Trinajstić information content (AvgIpc) is 2.73. The van der Waals surface area contributed by atoms with E-state index < -0.39 is 0 Å². The van der Waals surface area contributed by atoms with Gasteiger partial charge in [-0.2, -0.15) is 0 Å². The summed E-state index contributed by atoms with van der Waals surface area (Å²) in [5, 5.41) is 0. The van der Waals surface area contributed by atoms with E-state index >= 15 is 0 Å². The van der Waals surface area contributed by atoms with Crippen LogP contribution >= 0.6 is 0 Å². The molecule has 0 aromatic carbocycles. The number of aryl methyl sites for hydroxylation is 2. The molecule has 1 aromatic rings. The lowest BCUT2D eigenvalue weighted by molar-refractivity contribution is -0.113. The fourth-order valence-electron chi connectivity index (χ4n) is 1.79. The molecule has 1 aliphatic rings. The molecule has 15 heavy (non-hydrogen) atoms. The summed E-state index contributed by atoms with van der Waals surface area (Å²) in [6.07, 6.45) is 1.88. The summed E-state index contributed by atoms with van der Waals surface area (Å²) < 4.78 is 2.07. The van der Waals surface area contributed by atoms with E-state index in [1.165, 1.54) is 0 Å². The second-order valence-corrected chi connectivity index (χ2v) is 3.85. The summed E-state index contributed by atoms with van der Waals surface area (Å²) in [7, 11) is 0. The molecule has 3 nitrogen and oxygen atoms in total. The van der Waals surface area contributed by atoms with Gasteiger partial charge in [-0.25, -0.2) is 0 Å². The summed E-state index contributed by atoms with van der Waals surface area (Å²) in [6, 6.07) is 4.11. The Morgan fingerprint density at radius 1 is 1.33 bits per heavy atom. The van der Waals surface area contributed by atoms with E-state index in [2.05, 4.69) is 21.7 Å². The molecule has 0 radical (unpaired) electrons. The van der Waals surface area contributed by atoms with Gasteiger partial charge in [0.25, 0.3) is 0 Å². The number of hydrogen-bond donors (Lipinski definition) is 0. The number of Topliss-reactive ketones (excluding diaryl/α,β-unsaturated/α-hetero) is 1. The third-order valence-corrected chi connectivity index (χ3v) is 2.67. The number of rotatable bonds is 1. The lowest BCUT2D eigenvalue weighted by Crippen LogP contribution is -2.10. The van der Waals surface area contributed by atoms with Crippen LogP contribution in [0.5, 0.6) is 0 Å². The third-order valence-electron chi connectivity index (χ3n) is 2.67. The van der Waals surface area contributed by atoms with Crippen LogP contribution in [0.15, 0.2) is 28.8 Å². The molecule has 0 N–H and O–H groups in total. The zero-order chi connectivity index (χ0) is 11.0. The van der Waals surface area contributed by atoms with Gasteiger partial charge in [-0.05, 0) is 39.0 Å². The number of nitrogens with zero attached hydrogens (tertiary/aromatic N) is 2. The van der Waals surface area contributed by atoms with Crippen molar-refractivity contribution < 1.29 is 4.79 Å². The lowest BCUT2D eigenvalue weighted by Gasteiger charge is -2.06. The SMILES string of the molecule is CC(=O)C1=CC(n2c(C)ccc2C)=NC1. The Balaban J connectivity index is 2.39. The molecule has 0 aliphatic carbocycles. The molecule has 0 unspecified atom stereocenters. The van der Waals surface area contributed by atoms with Crippen LogP contribution in [0.2, 0.25) is 0 Å². The largest absolute Gasteiger partial charge is 0.303 e. The molecular weight excluding hydrogens is 188 g/mol. The van der Waals surface area contributed by atoms with Gasteiger partial charge in [0.05, 0.1) is 6.54 Å². The fourth-order valence-corrected chi connectivity index (χ4v) is 1.79. The third kappa shape index (κ3) is 1.65. The molecule has 2 rings (SSSR count). The summed E-state index contributed by atoms with van der Waals surface area (Å²) in [5.74, 6) is 0.983. The van der Waals surface area contributed by atoms with E-state index in [0.717, 1.165) is 22.8 Å². The zero-order valence-electron chi connectivity index (χ0n) is 9.24. The first-order valence-electron chi connectivity index (χ1n) is 5.01. The number of carbonyl (C=O) groups is 1. The molecule has 0 fully saturated rings. The Morgan fingerprint density at radius 2 is 1.93 bits per heavy atom. The van der Waals surface area contributed by atoms with Crippen LogP contribution in [-0.4, -0.2) is 22.7 Å². The van der Waals surface area contributed by atoms with Gasteiger partial charge in [-0.3, -0.25) is 9.79 Å². The number of carbonyl (C=O) groups excluding carboxylic acids is 1. The van der Waals surface area contributed by atoms with Gasteiger partial charge in [0.2, 0.25) is 0 Å². The summed E-state index contributed by atoms with van der Waals surface area (Å²) in [4.78, 5) is 15.5. The van der Waals surface area contributed by atoms with Crippen LogP contribution in [0.25, 0.3) is 0 Å². The number of aliphatic imine (C=N–C) groups is 1. The van der Waals surface area contributed by atoms with E-state index in [-0.39, 0.29) is 5.78 Å². The van der Waals surface area contributed by atoms with Crippen LogP contribution in [-0.2, 0) is 4.79 Å². The highest BCUT2D eigenvalue weighted by Gasteiger charge is 2.15. The van der Waals surface area contributed by atoms with Crippen LogP contribution < -0.4 is 0 Å². The molecule has 0 amide bonds. The summed E-state index contributed by atoms with van der Waals surface area (Å²) in [6.45, 7) is 6.17. The van der Waals surface area contributed by atoms with Crippen LogP contribution in [0.1, 0.15) is 18.3 Å². The van der Waals surface area contributed by atoms with E-state index in [1.807, 2.05) is 19.9 Å². The molecule has 1 aliphatic heterocycles. The van der Waals surface area contributed by atoms with E-state index in [0.29, 0.717) is 6.54 Å². The second kappa shape index (κ2) is 3.50. The average molecular weight is 202 g/mol. The van der Waals surface area contributed by atoms with Crippen molar-refractivity contribution in [3.05, 3.63) is 35.2 Å². The molecule has 0 atom stereocenters. The Hall–Kier alpha value is -1.64. The highest BCUT2D eigenvalue weighted by Crippen LogP contribution is 2.13. The van der Waals surface area contributed by atoms with Crippen molar-refractivity contribution in [1.29, 1.82) is 0 Å². The normalized spacial score (nSPS) is 15.1. The van der Waals surface area contributed by atoms with Crippen molar-refractivity contribution in [1.82, 2.24) is 4.57 Å². The lowest BCUT2D eigenvalue weighted by atomic mass is 10.2. The smallest absolute Gasteiger partial charge is 0.157 e. The van der Waals surface area contributed by atoms with E-state index in [9.17, 15) is 4.79 Å².